The highest BCUT2D eigenvalue weighted by atomic mass is 16.5. The third-order valence-electron chi connectivity index (χ3n) is 4.74. The summed E-state index contributed by atoms with van der Waals surface area (Å²) in [7, 11) is 1.65. The van der Waals surface area contributed by atoms with Crippen LogP contribution in [0.2, 0.25) is 0 Å². The van der Waals surface area contributed by atoms with Crippen LogP contribution in [0.1, 0.15) is 33.9 Å². The monoisotopic (exact) mass is 356 g/mol. The van der Waals surface area contributed by atoms with Gasteiger partial charge in [0.1, 0.15) is 5.75 Å². The minimum Gasteiger partial charge on any atom is -0.496 e. The number of ether oxygens (including phenoxy) is 1. The number of benzene rings is 3. The molecule has 0 aromatic heterocycles. The van der Waals surface area contributed by atoms with E-state index in [1.807, 2.05) is 84.9 Å². The minimum absolute atomic E-state index is 0.113. The molecule has 0 N–H and O–H groups in total. The van der Waals surface area contributed by atoms with Crippen LogP contribution in [0, 0.1) is 0 Å². The molecule has 1 atom stereocenters. The number of rotatable bonds is 4. The quantitative estimate of drug-likeness (QED) is 0.681. The topological polar surface area (TPSA) is 41.9 Å². The smallest absolute Gasteiger partial charge is 0.274 e. The molecule has 0 bridgehead atoms. The molecule has 0 spiro atoms. The molecule has 0 saturated carbocycles. The number of para-hydroxylation sites is 1. The van der Waals surface area contributed by atoms with Gasteiger partial charge in [-0.1, -0.05) is 66.7 Å². The summed E-state index contributed by atoms with van der Waals surface area (Å²) < 4.78 is 5.54. The van der Waals surface area contributed by atoms with Gasteiger partial charge in [-0.2, -0.15) is 5.10 Å². The summed E-state index contributed by atoms with van der Waals surface area (Å²) in [5.74, 6) is 0.648. The second-order valence-electron chi connectivity index (χ2n) is 6.39. The van der Waals surface area contributed by atoms with Crippen molar-refractivity contribution in [2.75, 3.05) is 7.11 Å². The Balaban J connectivity index is 1.76. The van der Waals surface area contributed by atoms with Crippen molar-refractivity contribution in [3.63, 3.8) is 0 Å². The molecule has 1 aliphatic heterocycles. The van der Waals surface area contributed by atoms with E-state index in [0.29, 0.717) is 12.0 Å². The van der Waals surface area contributed by atoms with Gasteiger partial charge in [-0.25, -0.2) is 5.01 Å². The van der Waals surface area contributed by atoms with Gasteiger partial charge in [-0.15, -0.1) is 0 Å². The SMILES string of the molecule is COc1ccccc1[C@@H]1CC(c2ccccc2)=NN1C(=O)c1ccccc1. The van der Waals surface area contributed by atoms with Gasteiger partial charge in [0, 0.05) is 17.5 Å². The molecule has 27 heavy (non-hydrogen) atoms. The van der Waals surface area contributed by atoms with Crippen LogP contribution in [0.15, 0.2) is 90.0 Å². The average Bonchev–Trinajstić information content (AvgIpc) is 3.19. The number of hydrogen-bond donors (Lipinski definition) is 0. The molecule has 0 unspecified atom stereocenters. The zero-order chi connectivity index (χ0) is 18.6. The van der Waals surface area contributed by atoms with E-state index in [-0.39, 0.29) is 11.9 Å². The highest BCUT2D eigenvalue weighted by Gasteiger charge is 2.35. The molecular formula is C23H20N2O2. The molecule has 1 heterocycles. The Morgan fingerprint density at radius 3 is 2.26 bits per heavy atom. The van der Waals surface area contributed by atoms with Gasteiger partial charge >= 0.3 is 0 Å². The molecule has 134 valence electrons. The predicted molar refractivity (Wildman–Crippen MR) is 106 cm³/mol. The fraction of sp³-hybridized carbons (Fsp3) is 0.130. The average molecular weight is 356 g/mol. The van der Waals surface area contributed by atoms with Crippen molar-refractivity contribution in [1.29, 1.82) is 0 Å². The lowest BCUT2D eigenvalue weighted by Gasteiger charge is -2.23. The summed E-state index contributed by atoms with van der Waals surface area (Å²) in [6, 6.07) is 26.9. The van der Waals surface area contributed by atoms with Crippen LogP contribution in [0.4, 0.5) is 0 Å². The van der Waals surface area contributed by atoms with Crippen LogP contribution in [0.25, 0.3) is 0 Å². The van der Waals surface area contributed by atoms with Gasteiger partial charge in [0.05, 0.1) is 18.9 Å². The third kappa shape index (κ3) is 3.34. The van der Waals surface area contributed by atoms with Crippen LogP contribution in [-0.2, 0) is 0 Å². The number of carbonyl (C=O) groups is 1. The molecule has 4 nitrogen and oxygen atoms in total. The molecule has 3 aromatic rings. The summed E-state index contributed by atoms with van der Waals surface area (Å²) in [6.07, 6.45) is 0.642. The van der Waals surface area contributed by atoms with E-state index in [1.54, 1.807) is 12.1 Å². The molecule has 0 saturated heterocycles. The van der Waals surface area contributed by atoms with E-state index in [2.05, 4.69) is 0 Å². The number of nitrogens with zero attached hydrogens (tertiary/aromatic N) is 2. The Bertz CT molecular complexity index is 968. The first-order chi connectivity index (χ1) is 13.3. The van der Waals surface area contributed by atoms with Crippen molar-refractivity contribution in [2.24, 2.45) is 5.10 Å². The fourth-order valence-corrected chi connectivity index (χ4v) is 3.40. The summed E-state index contributed by atoms with van der Waals surface area (Å²) in [4.78, 5) is 13.2. The zero-order valence-electron chi connectivity index (χ0n) is 15.1. The summed E-state index contributed by atoms with van der Waals surface area (Å²) in [6.45, 7) is 0. The molecule has 0 fully saturated rings. The van der Waals surface area contributed by atoms with Crippen LogP contribution in [0.5, 0.6) is 5.75 Å². The number of hydrogen-bond acceptors (Lipinski definition) is 3. The van der Waals surface area contributed by atoms with Crippen LogP contribution in [-0.4, -0.2) is 23.7 Å². The number of methoxy groups -OCH3 is 1. The van der Waals surface area contributed by atoms with E-state index in [9.17, 15) is 4.79 Å². The van der Waals surface area contributed by atoms with Gasteiger partial charge in [-0.05, 0) is 23.8 Å². The highest BCUT2D eigenvalue weighted by Crippen LogP contribution is 2.38. The number of amides is 1. The fourth-order valence-electron chi connectivity index (χ4n) is 3.40. The lowest BCUT2D eigenvalue weighted by molar-refractivity contribution is 0.0709. The Kier molecular flexibility index (Phi) is 4.71. The third-order valence-corrected chi connectivity index (χ3v) is 4.74. The molecule has 1 aliphatic rings. The lowest BCUT2D eigenvalue weighted by atomic mass is 9.97. The maximum atomic E-state index is 13.2. The normalized spacial score (nSPS) is 16.1. The largest absolute Gasteiger partial charge is 0.496 e. The van der Waals surface area contributed by atoms with Crippen molar-refractivity contribution >= 4 is 11.6 Å². The van der Waals surface area contributed by atoms with Gasteiger partial charge in [0.2, 0.25) is 0 Å². The van der Waals surface area contributed by atoms with Crippen LogP contribution in [0.3, 0.4) is 0 Å². The molecule has 1 amide bonds. The minimum atomic E-state index is -0.205. The van der Waals surface area contributed by atoms with Gasteiger partial charge < -0.3 is 4.74 Å². The molecule has 0 radical (unpaired) electrons. The Hall–Kier alpha value is -3.40. The highest BCUT2D eigenvalue weighted by molar-refractivity contribution is 6.05. The first kappa shape index (κ1) is 17.0. The van der Waals surface area contributed by atoms with Crippen molar-refractivity contribution in [2.45, 2.75) is 12.5 Å². The van der Waals surface area contributed by atoms with E-state index in [4.69, 9.17) is 9.84 Å². The van der Waals surface area contributed by atoms with Crippen LogP contribution >= 0.6 is 0 Å². The Morgan fingerprint density at radius 1 is 0.926 bits per heavy atom. The standard InChI is InChI=1S/C23H20N2O2/c1-27-22-15-9-8-14-19(22)21-16-20(17-10-4-2-5-11-17)24-25(21)23(26)18-12-6-3-7-13-18/h2-15,21H,16H2,1H3/t21-/m0/s1. The first-order valence-corrected chi connectivity index (χ1v) is 8.92. The second kappa shape index (κ2) is 7.46. The maximum absolute atomic E-state index is 13.2. The van der Waals surface area contributed by atoms with E-state index >= 15 is 0 Å². The summed E-state index contributed by atoms with van der Waals surface area (Å²) in [5, 5.41) is 6.31. The van der Waals surface area contributed by atoms with E-state index < -0.39 is 0 Å². The number of carbonyl (C=O) groups excluding carboxylic acids is 1. The van der Waals surface area contributed by atoms with Crippen molar-refractivity contribution in [3.05, 3.63) is 102 Å². The van der Waals surface area contributed by atoms with Crippen molar-refractivity contribution in [1.82, 2.24) is 5.01 Å². The molecule has 4 heteroatoms. The second-order valence-corrected chi connectivity index (χ2v) is 6.39. The first-order valence-electron chi connectivity index (χ1n) is 8.92. The Labute approximate surface area is 158 Å². The lowest BCUT2D eigenvalue weighted by Crippen LogP contribution is -2.27. The van der Waals surface area contributed by atoms with Crippen molar-refractivity contribution in [3.8, 4) is 5.75 Å². The van der Waals surface area contributed by atoms with Crippen molar-refractivity contribution < 1.29 is 9.53 Å². The molecule has 0 aliphatic carbocycles. The van der Waals surface area contributed by atoms with E-state index in [0.717, 1.165) is 22.6 Å². The van der Waals surface area contributed by atoms with Gasteiger partial charge in [0.15, 0.2) is 0 Å². The maximum Gasteiger partial charge on any atom is 0.274 e. The van der Waals surface area contributed by atoms with Crippen LogP contribution < -0.4 is 4.74 Å². The number of hydrazone groups is 1. The Morgan fingerprint density at radius 2 is 1.56 bits per heavy atom. The van der Waals surface area contributed by atoms with Gasteiger partial charge in [0.25, 0.3) is 5.91 Å². The van der Waals surface area contributed by atoms with Gasteiger partial charge in [-0.3, -0.25) is 4.79 Å². The van der Waals surface area contributed by atoms with E-state index in [1.165, 1.54) is 0 Å². The summed E-state index contributed by atoms with van der Waals surface area (Å²) in [5.41, 5.74) is 3.51. The predicted octanol–water partition coefficient (Wildman–Crippen LogP) is 4.69. The molecular weight excluding hydrogens is 336 g/mol. The zero-order valence-corrected chi connectivity index (χ0v) is 15.1. The molecule has 3 aromatic carbocycles. The molecule has 4 rings (SSSR count). The summed E-state index contributed by atoms with van der Waals surface area (Å²) >= 11 is 0.